The van der Waals surface area contributed by atoms with Gasteiger partial charge in [0.15, 0.2) is 0 Å². The molecule has 6 nitrogen and oxygen atoms in total. The number of Topliss-reactive ketones (excluding diaryl/α,β-unsaturated/α-hetero) is 1. The largest absolute Gasteiger partial charge is 0.507 e. The molecule has 1 heterocycles. The standard InChI is InChI=1S/C22H22FNO5/c1-14-6-8-15(9-7-14)20(26)18-19(16-4-2-3-5-17(16)23)24(22(28)21(18)27)10-12-29-13-11-25/h2-9,19,25-26H,10-13H2,1H3/b20-18+. The lowest BCUT2D eigenvalue weighted by molar-refractivity contribution is -0.140. The Kier molecular flexibility index (Phi) is 6.41. The molecule has 1 atom stereocenters. The average Bonchev–Trinajstić information content (AvgIpc) is 2.96. The minimum Gasteiger partial charge on any atom is -0.507 e. The Bertz CT molecular complexity index is 938. The number of benzene rings is 2. The summed E-state index contributed by atoms with van der Waals surface area (Å²) in [6, 6.07) is 11.6. The number of rotatable bonds is 7. The van der Waals surface area contributed by atoms with E-state index in [4.69, 9.17) is 9.84 Å². The number of carbonyl (C=O) groups excluding carboxylic acids is 2. The highest BCUT2D eigenvalue weighted by molar-refractivity contribution is 6.46. The quantitative estimate of drug-likeness (QED) is 0.323. The number of aliphatic hydroxyl groups is 2. The van der Waals surface area contributed by atoms with Crippen LogP contribution in [0.1, 0.15) is 22.7 Å². The van der Waals surface area contributed by atoms with Gasteiger partial charge in [0.1, 0.15) is 11.6 Å². The third-order valence-electron chi connectivity index (χ3n) is 4.78. The maximum Gasteiger partial charge on any atom is 0.295 e. The molecule has 0 aliphatic carbocycles. The van der Waals surface area contributed by atoms with Crippen molar-refractivity contribution in [2.45, 2.75) is 13.0 Å². The van der Waals surface area contributed by atoms with Crippen molar-refractivity contribution < 1.29 is 28.9 Å². The van der Waals surface area contributed by atoms with Crippen LogP contribution in [-0.4, -0.2) is 53.2 Å². The van der Waals surface area contributed by atoms with E-state index in [1.54, 1.807) is 30.3 Å². The molecule has 1 fully saturated rings. The molecule has 2 aromatic rings. The van der Waals surface area contributed by atoms with Crippen LogP contribution in [0.5, 0.6) is 0 Å². The summed E-state index contributed by atoms with van der Waals surface area (Å²) >= 11 is 0. The predicted molar refractivity (Wildman–Crippen MR) is 104 cm³/mol. The lowest BCUT2D eigenvalue weighted by Gasteiger charge is -2.25. The Morgan fingerprint density at radius 2 is 1.79 bits per heavy atom. The zero-order valence-corrected chi connectivity index (χ0v) is 16.0. The van der Waals surface area contributed by atoms with Crippen molar-refractivity contribution >= 4 is 17.4 Å². The summed E-state index contributed by atoms with van der Waals surface area (Å²) in [5.74, 6) is -2.65. The van der Waals surface area contributed by atoms with Crippen LogP contribution in [0.15, 0.2) is 54.1 Å². The van der Waals surface area contributed by atoms with Crippen LogP contribution in [0.4, 0.5) is 4.39 Å². The first-order valence-corrected chi connectivity index (χ1v) is 9.24. The molecule has 7 heteroatoms. The molecule has 1 aliphatic heterocycles. The van der Waals surface area contributed by atoms with Crippen LogP contribution in [0, 0.1) is 12.7 Å². The third kappa shape index (κ3) is 4.21. The topological polar surface area (TPSA) is 87.1 Å². The molecule has 0 saturated carbocycles. The minimum atomic E-state index is -1.07. The van der Waals surface area contributed by atoms with Gasteiger partial charge in [-0.25, -0.2) is 4.39 Å². The highest BCUT2D eigenvalue weighted by Gasteiger charge is 2.46. The number of amides is 1. The van der Waals surface area contributed by atoms with Crippen molar-refractivity contribution in [1.82, 2.24) is 4.90 Å². The molecule has 1 unspecified atom stereocenters. The van der Waals surface area contributed by atoms with Gasteiger partial charge in [-0.1, -0.05) is 48.0 Å². The Labute approximate surface area is 167 Å². The fourth-order valence-corrected chi connectivity index (χ4v) is 3.33. The lowest BCUT2D eigenvalue weighted by atomic mass is 9.94. The van der Waals surface area contributed by atoms with Crippen LogP contribution < -0.4 is 0 Å². The molecule has 0 radical (unpaired) electrons. The fourth-order valence-electron chi connectivity index (χ4n) is 3.33. The van der Waals surface area contributed by atoms with E-state index in [1.165, 1.54) is 23.1 Å². The van der Waals surface area contributed by atoms with E-state index in [0.717, 1.165) is 5.56 Å². The summed E-state index contributed by atoms with van der Waals surface area (Å²) in [6.45, 7) is 1.85. The number of aliphatic hydroxyl groups excluding tert-OH is 2. The van der Waals surface area contributed by atoms with Crippen LogP contribution >= 0.6 is 0 Å². The first kappa shape index (κ1) is 20.7. The van der Waals surface area contributed by atoms with Crippen LogP contribution in [-0.2, 0) is 14.3 Å². The smallest absolute Gasteiger partial charge is 0.295 e. The number of nitrogens with zero attached hydrogens (tertiary/aromatic N) is 1. The van der Waals surface area contributed by atoms with Crippen molar-refractivity contribution in [3.8, 4) is 0 Å². The van der Waals surface area contributed by atoms with E-state index >= 15 is 0 Å². The maximum absolute atomic E-state index is 14.6. The second-order valence-electron chi connectivity index (χ2n) is 6.72. The van der Waals surface area contributed by atoms with E-state index in [2.05, 4.69) is 0 Å². The molecule has 1 aliphatic rings. The molecule has 2 N–H and O–H groups in total. The number of hydrogen-bond donors (Lipinski definition) is 2. The van der Waals surface area contributed by atoms with Crippen molar-refractivity contribution in [3.05, 3.63) is 76.6 Å². The number of likely N-dealkylation sites (tertiary alicyclic amines) is 1. The van der Waals surface area contributed by atoms with Gasteiger partial charge in [-0.2, -0.15) is 0 Å². The van der Waals surface area contributed by atoms with Crippen LogP contribution in [0.2, 0.25) is 0 Å². The molecule has 152 valence electrons. The molecule has 29 heavy (non-hydrogen) atoms. The first-order chi connectivity index (χ1) is 14.0. The Morgan fingerprint density at radius 3 is 2.45 bits per heavy atom. The summed E-state index contributed by atoms with van der Waals surface area (Å²) in [6.07, 6.45) is 0. The van der Waals surface area contributed by atoms with Crippen molar-refractivity contribution in [2.24, 2.45) is 0 Å². The molecule has 1 amide bonds. The number of carbonyl (C=O) groups is 2. The summed E-state index contributed by atoms with van der Waals surface area (Å²) in [4.78, 5) is 26.6. The second kappa shape index (κ2) is 8.98. The molecule has 3 rings (SSSR count). The van der Waals surface area contributed by atoms with E-state index in [-0.39, 0.29) is 43.3 Å². The molecule has 1 saturated heterocycles. The molecule has 2 aromatic carbocycles. The number of ether oxygens (including phenoxy) is 1. The average molecular weight is 399 g/mol. The Morgan fingerprint density at radius 1 is 1.10 bits per heavy atom. The van der Waals surface area contributed by atoms with Gasteiger partial charge in [-0.05, 0) is 13.0 Å². The number of halogens is 1. The van der Waals surface area contributed by atoms with E-state index in [1.807, 2.05) is 6.92 Å². The highest BCUT2D eigenvalue weighted by Crippen LogP contribution is 2.40. The minimum absolute atomic E-state index is 0.00819. The summed E-state index contributed by atoms with van der Waals surface area (Å²) in [5.41, 5.74) is 1.29. The summed E-state index contributed by atoms with van der Waals surface area (Å²) in [5, 5.41) is 19.7. The van der Waals surface area contributed by atoms with Gasteiger partial charge in [-0.15, -0.1) is 0 Å². The third-order valence-corrected chi connectivity index (χ3v) is 4.78. The molecule has 0 bridgehead atoms. The number of ketones is 1. The highest BCUT2D eigenvalue weighted by atomic mass is 19.1. The molecular weight excluding hydrogens is 377 g/mol. The van der Waals surface area contributed by atoms with Crippen molar-refractivity contribution in [2.75, 3.05) is 26.4 Å². The van der Waals surface area contributed by atoms with Crippen LogP contribution in [0.3, 0.4) is 0 Å². The van der Waals surface area contributed by atoms with Gasteiger partial charge in [0.25, 0.3) is 11.7 Å². The van der Waals surface area contributed by atoms with Crippen molar-refractivity contribution in [1.29, 1.82) is 0 Å². The summed E-state index contributed by atoms with van der Waals surface area (Å²) < 4.78 is 19.8. The van der Waals surface area contributed by atoms with E-state index in [9.17, 15) is 19.1 Å². The summed E-state index contributed by atoms with van der Waals surface area (Å²) in [7, 11) is 0. The lowest BCUT2D eigenvalue weighted by Crippen LogP contribution is -2.33. The maximum atomic E-state index is 14.6. The van der Waals surface area contributed by atoms with Gasteiger partial charge < -0.3 is 19.8 Å². The van der Waals surface area contributed by atoms with E-state index < -0.39 is 23.5 Å². The van der Waals surface area contributed by atoms with Gasteiger partial charge in [0, 0.05) is 17.7 Å². The van der Waals surface area contributed by atoms with Gasteiger partial charge in [0.2, 0.25) is 0 Å². The Balaban J connectivity index is 2.08. The van der Waals surface area contributed by atoms with Gasteiger partial charge >= 0.3 is 0 Å². The van der Waals surface area contributed by atoms with Gasteiger partial charge in [0.05, 0.1) is 31.4 Å². The zero-order valence-electron chi connectivity index (χ0n) is 16.0. The fraction of sp³-hybridized carbons (Fsp3) is 0.273. The molecular formula is C22H22FNO5. The van der Waals surface area contributed by atoms with E-state index in [0.29, 0.717) is 5.56 Å². The van der Waals surface area contributed by atoms with Crippen molar-refractivity contribution in [3.63, 3.8) is 0 Å². The Hall–Kier alpha value is -3.03. The normalized spacial score (nSPS) is 18.4. The monoisotopic (exact) mass is 399 g/mol. The van der Waals surface area contributed by atoms with Gasteiger partial charge in [-0.3, -0.25) is 9.59 Å². The SMILES string of the molecule is Cc1ccc(/C(O)=C2\C(=O)C(=O)N(CCOCCO)C2c2ccccc2F)cc1. The first-order valence-electron chi connectivity index (χ1n) is 9.24. The molecule has 0 spiro atoms. The number of aryl methyl sites for hydroxylation is 1. The molecule has 0 aromatic heterocycles. The van der Waals surface area contributed by atoms with Crippen LogP contribution in [0.25, 0.3) is 5.76 Å². The second-order valence-corrected chi connectivity index (χ2v) is 6.72. The zero-order chi connectivity index (χ0) is 21.0. The number of hydrogen-bond acceptors (Lipinski definition) is 5. The predicted octanol–water partition coefficient (Wildman–Crippen LogP) is 2.56.